The summed E-state index contributed by atoms with van der Waals surface area (Å²) >= 11 is 4.84. The van der Waals surface area contributed by atoms with Gasteiger partial charge in [0.2, 0.25) is 5.91 Å². The van der Waals surface area contributed by atoms with Crippen LogP contribution in [0.25, 0.3) is 0 Å². The van der Waals surface area contributed by atoms with Gasteiger partial charge in [-0.3, -0.25) is 4.79 Å². The Morgan fingerprint density at radius 1 is 1.53 bits per heavy atom. The third-order valence-corrected chi connectivity index (χ3v) is 2.96. The highest BCUT2D eigenvalue weighted by molar-refractivity contribution is 7.80. The minimum absolute atomic E-state index is 0.0432. The Hall–Kier alpha value is -1.69. The summed E-state index contributed by atoms with van der Waals surface area (Å²) in [5.74, 6) is 0.748. The van der Waals surface area contributed by atoms with Crippen LogP contribution in [0.15, 0.2) is 18.3 Å². The van der Waals surface area contributed by atoms with Crippen molar-refractivity contribution in [2.75, 3.05) is 11.9 Å². The van der Waals surface area contributed by atoms with E-state index >= 15 is 0 Å². The molecule has 0 saturated heterocycles. The van der Waals surface area contributed by atoms with Crippen molar-refractivity contribution in [1.82, 2.24) is 10.3 Å². The van der Waals surface area contributed by atoms with Gasteiger partial charge in [-0.1, -0.05) is 19.1 Å². The van der Waals surface area contributed by atoms with Crippen LogP contribution in [0.4, 0.5) is 5.82 Å². The highest BCUT2D eigenvalue weighted by Crippen LogP contribution is 2.04. The number of nitrogens with zero attached hydrogens (tertiary/aromatic N) is 1. The molecule has 1 rings (SSSR count). The molecule has 0 aliphatic rings. The van der Waals surface area contributed by atoms with Crippen LogP contribution in [0.2, 0.25) is 0 Å². The molecule has 1 aromatic rings. The zero-order valence-electron chi connectivity index (χ0n) is 11.3. The number of rotatable bonds is 7. The number of thiocarbonyl (C=S) groups is 1. The smallest absolute Gasteiger partial charge is 0.221 e. The quantitative estimate of drug-likeness (QED) is 0.658. The van der Waals surface area contributed by atoms with Crippen LogP contribution < -0.4 is 16.4 Å². The molecule has 19 heavy (non-hydrogen) atoms. The average Bonchev–Trinajstić information content (AvgIpc) is 2.39. The Kier molecular flexibility index (Phi) is 6.21. The molecular formula is C13H20N4OS. The van der Waals surface area contributed by atoms with Crippen molar-refractivity contribution >= 4 is 28.9 Å². The standard InChI is InChI=1S/C13H20N4OS/c1-3-9(2)17-12(18)6-7-15-11-5-4-10(8-16-11)13(14)19/h4-5,8-9H,3,6-7H2,1-2H3,(H2,14,19)(H,15,16)(H,17,18). The van der Waals surface area contributed by atoms with E-state index in [2.05, 4.69) is 15.6 Å². The molecule has 6 heteroatoms. The summed E-state index contributed by atoms with van der Waals surface area (Å²) in [5.41, 5.74) is 6.21. The van der Waals surface area contributed by atoms with E-state index in [1.54, 1.807) is 18.3 Å². The van der Waals surface area contributed by atoms with Gasteiger partial charge in [-0.2, -0.15) is 0 Å². The van der Waals surface area contributed by atoms with Crippen LogP contribution in [0.3, 0.4) is 0 Å². The third kappa shape index (κ3) is 5.65. The van der Waals surface area contributed by atoms with Crippen molar-refractivity contribution in [3.63, 3.8) is 0 Å². The number of nitrogens with two attached hydrogens (primary N) is 1. The van der Waals surface area contributed by atoms with E-state index in [9.17, 15) is 4.79 Å². The van der Waals surface area contributed by atoms with Crippen LogP contribution in [-0.2, 0) is 4.79 Å². The first-order valence-corrected chi connectivity index (χ1v) is 6.72. The van der Waals surface area contributed by atoms with E-state index < -0.39 is 0 Å². The van der Waals surface area contributed by atoms with Gasteiger partial charge in [0.15, 0.2) is 0 Å². The number of anilines is 1. The summed E-state index contributed by atoms with van der Waals surface area (Å²) in [6.07, 6.45) is 2.97. The van der Waals surface area contributed by atoms with E-state index in [1.165, 1.54) is 0 Å². The molecule has 0 radical (unpaired) electrons. The van der Waals surface area contributed by atoms with E-state index in [0.717, 1.165) is 12.0 Å². The number of nitrogens with one attached hydrogen (secondary N) is 2. The molecule has 0 saturated carbocycles. The summed E-state index contributed by atoms with van der Waals surface area (Å²) in [5, 5.41) is 5.98. The number of carbonyl (C=O) groups excluding carboxylic acids is 1. The number of hydrogen-bond acceptors (Lipinski definition) is 4. The van der Waals surface area contributed by atoms with Gasteiger partial charge < -0.3 is 16.4 Å². The van der Waals surface area contributed by atoms with Gasteiger partial charge in [0, 0.05) is 30.8 Å². The maximum atomic E-state index is 11.5. The number of aromatic nitrogens is 1. The minimum Gasteiger partial charge on any atom is -0.389 e. The molecule has 104 valence electrons. The number of amides is 1. The SMILES string of the molecule is CCC(C)NC(=O)CCNc1ccc(C(N)=S)cn1. The molecule has 1 atom stereocenters. The largest absolute Gasteiger partial charge is 0.389 e. The Labute approximate surface area is 119 Å². The van der Waals surface area contributed by atoms with Crippen LogP contribution in [0.5, 0.6) is 0 Å². The van der Waals surface area contributed by atoms with Gasteiger partial charge in [-0.15, -0.1) is 0 Å². The Balaban J connectivity index is 2.33. The van der Waals surface area contributed by atoms with Crippen LogP contribution in [0.1, 0.15) is 32.3 Å². The predicted molar refractivity (Wildman–Crippen MR) is 81.1 cm³/mol. The molecule has 0 spiro atoms. The van der Waals surface area contributed by atoms with E-state index in [1.807, 2.05) is 13.8 Å². The monoisotopic (exact) mass is 280 g/mol. The lowest BCUT2D eigenvalue weighted by Crippen LogP contribution is -2.33. The molecule has 4 N–H and O–H groups in total. The Morgan fingerprint density at radius 2 is 2.26 bits per heavy atom. The Morgan fingerprint density at radius 3 is 2.79 bits per heavy atom. The summed E-state index contributed by atoms with van der Waals surface area (Å²) in [6.45, 7) is 4.57. The fourth-order valence-corrected chi connectivity index (χ4v) is 1.52. The van der Waals surface area contributed by atoms with E-state index in [0.29, 0.717) is 23.8 Å². The average molecular weight is 280 g/mol. The van der Waals surface area contributed by atoms with Gasteiger partial charge in [0.1, 0.15) is 10.8 Å². The molecule has 1 unspecified atom stereocenters. The van der Waals surface area contributed by atoms with Gasteiger partial charge in [0.25, 0.3) is 0 Å². The van der Waals surface area contributed by atoms with Crippen LogP contribution >= 0.6 is 12.2 Å². The van der Waals surface area contributed by atoms with Gasteiger partial charge in [0.05, 0.1) is 0 Å². The summed E-state index contributed by atoms with van der Waals surface area (Å²) in [6, 6.07) is 3.81. The maximum Gasteiger partial charge on any atom is 0.221 e. The van der Waals surface area contributed by atoms with Gasteiger partial charge >= 0.3 is 0 Å². The zero-order chi connectivity index (χ0) is 14.3. The lowest BCUT2D eigenvalue weighted by molar-refractivity contribution is -0.121. The van der Waals surface area contributed by atoms with Crippen molar-refractivity contribution in [3.8, 4) is 0 Å². The maximum absolute atomic E-state index is 11.5. The second kappa shape index (κ2) is 7.68. The Bertz CT molecular complexity index is 433. The predicted octanol–water partition coefficient (Wildman–Crippen LogP) is 1.43. The van der Waals surface area contributed by atoms with Gasteiger partial charge in [-0.25, -0.2) is 4.98 Å². The first kappa shape index (κ1) is 15.4. The normalized spacial score (nSPS) is 11.7. The molecule has 0 aromatic carbocycles. The van der Waals surface area contributed by atoms with Crippen molar-refractivity contribution in [1.29, 1.82) is 0 Å². The molecule has 1 heterocycles. The summed E-state index contributed by atoms with van der Waals surface area (Å²) in [4.78, 5) is 16.0. The fourth-order valence-electron chi connectivity index (χ4n) is 1.40. The highest BCUT2D eigenvalue weighted by atomic mass is 32.1. The van der Waals surface area contributed by atoms with Crippen molar-refractivity contribution in [3.05, 3.63) is 23.9 Å². The minimum atomic E-state index is 0.0432. The molecule has 1 aromatic heterocycles. The number of carbonyl (C=O) groups is 1. The van der Waals surface area contributed by atoms with E-state index in [-0.39, 0.29) is 11.9 Å². The number of pyridine rings is 1. The molecule has 0 aliphatic heterocycles. The second-order valence-electron chi connectivity index (χ2n) is 4.35. The molecule has 0 aliphatic carbocycles. The van der Waals surface area contributed by atoms with Gasteiger partial charge in [-0.05, 0) is 25.5 Å². The summed E-state index contributed by atoms with van der Waals surface area (Å²) < 4.78 is 0. The van der Waals surface area contributed by atoms with E-state index in [4.69, 9.17) is 18.0 Å². The first-order chi connectivity index (χ1) is 9.02. The lowest BCUT2D eigenvalue weighted by Gasteiger charge is -2.11. The van der Waals surface area contributed by atoms with Crippen molar-refractivity contribution < 1.29 is 4.79 Å². The molecule has 1 amide bonds. The fraction of sp³-hybridized carbons (Fsp3) is 0.462. The molecule has 0 fully saturated rings. The molecule has 5 nitrogen and oxygen atoms in total. The molecular weight excluding hydrogens is 260 g/mol. The van der Waals surface area contributed by atoms with Crippen molar-refractivity contribution in [2.45, 2.75) is 32.7 Å². The zero-order valence-corrected chi connectivity index (χ0v) is 12.1. The number of hydrogen-bond donors (Lipinski definition) is 3. The highest BCUT2D eigenvalue weighted by Gasteiger charge is 2.05. The van der Waals surface area contributed by atoms with Crippen molar-refractivity contribution in [2.24, 2.45) is 5.73 Å². The van der Waals surface area contributed by atoms with Crippen LogP contribution in [0, 0.1) is 0 Å². The molecule has 0 bridgehead atoms. The third-order valence-electron chi connectivity index (χ3n) is 2.73. The first-order valence-electron chi connectivity index (χ1n) is 6.32. The lowest BCUT2D eigenvalue weighted by atomic mass is 10.2. The van der Waals surface area contributed by atoms with Crippen LogP contribution in [-0.4, -0.2) is 28.5 Å². The summed E-state index contributed by atoms with van der Waals surface area (Å²) in [7, 11) is 0. The topological polar surface area (TPSA) is 80.0 Å². The second-order valence-corrected chi connectivity index (χ2v) is 4.79.